The molecule has 0 aromatic heterocycles. The molecular weight excluding hydrogens is 452 g/mol. The van der Waals surface area contributed by atoms with Crippen molar-refractivity contribution in [1.82, 2.24) is 0 Å². The summed E-state index contributed by atoms with van der Waals surface area (Å²) in [6.45, 7) is -0.889. The van der Waals surface area contributed by atoms with Crippen LogP contribution in [0.5, 0.6) is 0 Å². The lowest BCUT2D eigenvalue weighted by Crippen LogP contribution is -2.64. The molecule has 0 bridgehead atoms. The normalized spacial score (nSPS) is 42.1. The number of ether oxygens (including phenoxy) is 4. The number of aliphatic hydroxyl groups is 7. The zero-order valence-corrected chi connectivity index (χ0v) is 19.6. The molecule has 34 heavy (non-hydrogen) atoms. The van der Waals surface area contributed by atoms with Crippen LogP contribution >= 0.6 is 0 Å². The highest BCUT2D eigenvalue weighted by Gasteiger charge is 2.50. The van der Waals surface area contributed by atoms with Crippen LogP contribution in [0.15, 0.2) is 0 Å². The second-order valence-electron chi connectivity index (χ2n) is 9.73. The van der Waals surface area contributed by atoms with E-state index in [0.717, 1.165) is 25.2 Å². The monoisotopic (exact) mass is 494 g/mol. The molecule has 10 atom stereocenters. The van der Waals surface area contributed by atoms with Gasteiger partial charge in [0.05, 0.1) is 13.2 Å². The van der Waals surface area contributed by atoms with Crippen molar-refractivity contribution in [3.05, 3.63) is 0 Å². The third-order valence-electron chi connectivity index (χ3n) is 7.22. The van der Waals surface area contributed by atoms with Gasteiger partial charge >= 0.3 is 0 Å². The van der Waals surface area contributed by atoms with Crippen molar-refractivity contribution in [2.24, 2.45) is 5.92 Å². The Hall–Kier alpha value is -0.440. The average Bonchev–Trinajstić information content (AvgIpc) is 2.85. The van der Waals surface area contributed by atoms with Crippen molar-refractivity contribution < 1.29 is 54.7 Å². The number of aliphatic hydroxyl groups excluding tert-OH is 7. The molecule has 3 rings (SSSR count). The Labute approximate surface area is 200 Å². The Balaban J connectivity index is 1.45. The average molecular weight is 495 g/mol. The molecule has 11 heteroatoms. The first-order chi connectivity index (χ1) is 16.4. The molecule has 2 heterocycles. The van der Waals surface area contributed by atoms with Crippen LogP contribution in [0.25, 0.3) is 0 Å². The van der Waals surface area contributed by atoms with E-state index in [1.54, 1.807) is 0 Å². The van der Waals surface area contributed by atoms with Crippen molar-refractivity contribution >= 4 is 0 Å². The predicted molar refractivity (Wildman–Crippen MR) is 117 cm³/mol. The first-order valence-electron chi connectivity index (χ1n) is 12.6. The maximum absolute atomic E-state index is 10.6. The summed E-state index contributed by atoms with van der Waals surface area (Å²) in [5, 5.41) is 70.2. The largest absolute Gasteiger partial charge is 0.394 e. The molecule has 11 nitrogen and oxygen atoms in total. The molecule has 0 amide bonds. The van der Waals surface area contributed by atoms with Gasteiger partial charge in [0, 0.05) is 6.61 Å². The highest BCUT2D eigenvalue weighted by Crippen LogP contribution is 2.30. The van der Waals surface area contributed by atoms with Gasteiger partial charge < -0.3 is 54.7 Å². The van der Waals surface area contributed by atoms with Crippen LogP contribution in [-0.4, -0.2) is 117 Å². The van der Waals surface area contributed by atoms with Crippen molar-refractivity contribution in [3.8, 4) is 0 Å². The fourth-order valence-corrected chi connectivity index (χ4v) is 5.08. The molecule has 1 aliphatic carbocycles. The zero-order chi connectivity index (χ0) is 24.7. The Bertz CT molecular complexity index is 571. The van der Waals surface area contributed by atoms with E-state index in [-0.39, 0.29) is 0 Å². The highest BCUT2D eigenvalue weighted by atomic mass is 16.7. The Morgan fingerprint density at radius 2 is 1.29 bits per heavy atom. The minimum atomic E-state index is -1.69. The first kappa shape index (κ1) is 28.1. The molecule has 3 fully saturated rings. The first-order valence-corrected chi connectivity index (χ1v) is 12.6. The summed E-state index contributed by atoms with van der Waals surface area (Å²) >= 11 is 0. The predicted octanol–water partition coefficient (Wildman–Crippen LogP) is -1.23. The Morgan fingerprint density at radius 1 is 0.647 bits per heavy atom. The smallest absolute Gasteiger partial charge is 0.187 e. The third-order valence-corrected chi connectivity index (χ3v) is 7.22. The van der Waals surface area contributed by atoms with Crippen molar-refractivity contribution in [2.75, 3.05) is 19.8 Å². The van der Waals surface area contributed by atoms with Crippen LogP contribution in [0.2, 0.25) is 0 Å². The van der Waals surface area contributed by atoms with E-state index in [2.05, 4.69) is 0 Å². The maximum Gasteiger partial charge on any atom is 0.187 e. The van der Waals surface area contributed by atoms with Crippen LogP contribution in [0.1, 0.15) is 57.8 Å². The number of unbranched alkanes of at least 4 members (excludes halogenated alkanes) is 2. The summed E-state index contributed by atoms with van der Waals surface area (Å²) in [6.07, 6.45) is -3.49. The summed E-state index contributed by atoms with van der Waals surface area (Å²) in [4.78, 5) is 0. The molecule has 0 aromatic rings. The van der Waals surface area contributed by atoms with Crippen molar-refractivity contribution in [1.29, 1.82) is 0 Å². The Morgan fingerprint density at radius 3 is 1.97 bits per heavy atom. The fraction of sp³-hybridized carbons (Fsp3) is 1.00. The topological polar surface area (TPSA) is 179 Å². The third kappa shape index (κ3) is 7.07. The molecule has 1 saturated carbocycles. The SMILES string of the molecule is OC[C@H]1O[C@H](O[C@H]2[C@H](O)[C@@H](O)[C@H](OCCCCCC3CCCCC3)O[C@@H]2CO)[C@H](O)[C@@H](O)[C@@H]1O. The number of rotatable bonds is 11. The molecule has 3 aliphatic rings. The lowest BCUT2D eigenvalue weighted by Gasteiger charge is -2.45. The fourth-order valence-electron chi connectivity index (χ4n) is 5.08. The standard InChI is InChI=1S/C23H42O11/c24-11-14-16(26)17(27)19(29)23(32-14)34-21-15(12-25)33-22(20(30)18(21)28)31-10-6-2-5-9-13-7-3-1-4-8-13/h13-30H,1-12H2/t14-,15-,16-,17+,18-,19-,20-,21-,22-,23-/m1/s1. The van der Waals surface area contributed by atoms with Gasteiger partial charge in [-0.15, -0.1) is 0 Å². The molecule has 2 saturated heterocycles. The van der Waals surface area contributed by atoms with Crippen LogP contribution in [0, 0.1) is 5.92 Å². The van der Waals surface area contributed by atoms with Gasteiger partial charge in [0.15, 0.2) is 12.6 Å². The summed E-state index contributed by atoms with van der Waals surface area (Å²) in [5.41, 5.74) is 0. The van der Waals surface area contributed by atoms with Crippen LogP contribution in [0.4, 0.5) is 0 Å². The lowest BCUT2D eigenvalue weighted by molar-refractivity contribution is -0.359. The van der Waals surface area contributed by atoms with Gasteiger partial charge in [-0.2, -0.15) is 0 Å². The molecule has 0 spiro atoms. The van der Waals surface area contributed by atoms with Crippen molar-refractivity contribution in [2.45, 2.75) is 119 Å². The number of hydrogen-bond acceptors (Lipinski definition) is 11. The summed E-state index contributed by atoms with van der Waals surface area (Å²) in [6, 6.07) is 0. The quantitative estimate of drug-likeness (QED) is 0.171. The zero-order valence-electron chi connectivity index (χ0n) is 19.6. The van der Waals surface area contributed by atoms with Crippen LogP contribution in [0.3, 0.4) is 0 Å². The molecule has 0 unspecified atom stereocenters. The summed E-state index contributed by atoms with van der Waals surface area (Å²) in [5.74, 6) is 0.833. The van der Waals surface area contributed by atoms with Crippen LogP contribution in [-0.2, 0) is 18.9 Å². The van der Waals surface area contributed by atoms with Gasteiger partial charge in [-0.1, -0.05) is 51.4 Å². The summed E-state index contributed by atoms with van der Waals surface area (Å²) in [7, 11) is 0. The molecule has 7 N–H and O–H groups in total. The van der Waals surface area contributed by atoms with E-state index in [9.17, 15) is 35.7 Å². The van der Waals surface area contributed by atoms with Gasteiger partial charge in [0.1, 0.15) is 48.8 Å². The molecule has 0 aromatic carbocycles. The van der Waals surface area contributed by atoms with Gasteiger partial charge in [-0.3, -0.25) is 0 Å². The molecule has 200 valence electrons. The van der Waals surface area contributed by atoms with Gasteiger partial charge in [-0.25, -0.2) is 0 Å². The minimum Gasteiger partial charge on any atom is -0.394 e. The van der Waals surface area contributed by atoms with E-state index in [1.165, 1.54) is 38.5 Å². The van der Waals surface area contributed by atoms with E-state index < -0.39 is 74.6 Å². The van der Waals surface area contributed by atoms with Crippen LogP contribution < -0.4 is 0 Å². The highest BCUT2D eigenvalue weighted by molar-refractivity contribution is 4.94. The van der Waals surface area contributed by atoms with Gasteiger partial charge in [0.25, 0.3) is 0 Å². The van der Waals surface area contributed by atoms with Gasteiger partial charge in [0.2, 0.25) is 0 Å². The lowest BCUT2D eigenvalue weighted by atomic mass is 9.86. The maximum atomic E-state index is 10.6. The van der Waals surface area contributed by atoms with Crippen molar-refractivity contribution in [3.63, 3.8) is 0 Å². The molecular formula is C23H42O11. The van der Waals surface area contributed by atoms with E-state index in [1.807, 2.05) is 0 Å². The second kappa shape index (κ2) is 13.8. The Kier molecular flexibility index (Phi) is 11.4. The van der Waals surface area contributed by atoms with E-state index in [0.29, 0.717) is 6.61 Å². The number of hydrogen-bond donors (Lipinski definition) is 7. The molecule has 2 aliphatic heterocycles. The summed E-state index contributed by atoms with van der Waals surface area (Å²) < 4.78 is 22.1. The van der Waals surface area contributed by atoms with E-state index in [4.69, 9.17) is 18.9 Å². The molecule has 0 radical (unpaired) electrons. The minimum absolute atomic E-state index is 0.329. The van der Waals surface area contributed by atoms with E-state index >= 15 is 0 Å². The van der Waals surface area contributed by atoms with Gasteiger partial charge in [-0.05, 0) is 12.3 Å². The second-order valence-corrected chi connectivity index (χ2v) is 9.73.